The van der Waals surface area contributed by atoms with E-state index in [9.17, 15) is 4.79 Å². The molecule has 0 saturated heterocycles. The van der Waals surface area contributed by atoms with Crippen molar-refractivity contribution in [2.75, 3.05) is 11.9 Å². The molecule has 0 radical (unpaired) electrons. The fourth-order valence-corrected chi connectivity index (χ4v) is 2.87. The van der Waals surface area contributed by atoms with Gasteiger partial charge in [-0.05, 0) is 48.0 Å². The maximum Gasteiger partial charge on any atom is 0.248 e. The number of rotatable bonds is 4. The molecule has 1 aliphatic rings. The van der Waals surface area contributed by atoms with E-state index in [1.807, 2.05) is 18.2 Å². The fraction of sp³-hybridized carbons (Fsp3) is 0.0500. The molecule has 0 atom stereocenters. The molecule has 1 aliphatic heterocycles. The van der Waals surface area contributed by atoms with E-state index in [-0.39, 0.29) is 5.91 Å². The van der Waals surface area contributed by atoms with Crippen molar-refractivity contribution in [3.63, 3.8) is 0 Å². The number of carbonyl (C=O) groups is 1. The van der Waals surface area contributed by atoms with Crippen LogP contribution >= 0.6 is 11.6 Å². The number of halogens is 1. The normalized spacial score (nSPS) is 13.0. The van der Waals surface area contributed by atoms with E-state index in [2.05, 4.69) is 15.4 Å². The van der Waals surface area contributed by atoms with Gasteiger partial charge in [-0.2, -0.15) is 5.10 Å². The van der Waals surface area contributed by atoms with Crippen molar-refractivity contribution in [1.29, 1.82) is 0 Å². The van der Waals surface area contributed by atoms with Crippen molar-refractivity contribution in [1.82, 2.24) is 14.8 Å². The van der Waals surface area contributed by atoms with E-state index < -0.39 is 0 Å². The SMILES string of the molecule is O=C(/C=C/C1=Cc2cc(Cl)ccc2OC1)Nc1cccnc1-n1cccn1. The Morgan fingerprint density at radius 1 is 1.26 bits per heavy atom. The first-order valence-corrected chi connectivity index (χ1v) is 8.64. The summed E-state index contributed by atoms with van der Waals surface area (Å²) < 4.78 is 7.27. The van der Waals surface area contributed by atoms with E-state index in [1.165, 1.54) is 6.08 Å². The molecule has 1 amide bonds. The summed E-state index contributed by atoms with van der Waals surface area (Å²) in [6.07, 6.45) is 10.2. The Balaban J connectivity index is 1.49. The van der Waals surface area contributed by atoms with Crippen LogP contribution in [-0.2, 0) is 4.79 Å². The minimum absolute atomic E-state index is 0.269. The molecule has 27 heavy (non-hydrogen) atoms. The lowest BCUT2D eigenvalue weighted by Crippen LogP contribution is -2.12. The lowest BCUT2D eigenvalue weighted by molar-refractivity contribution is -0.111. The van der Waals surface area contributed by atoms with Gasteiger partial charge in [0.15, 0.2) is 5.82 Å². The maximum atomic E-state index is 12.3. The highest BCUT2D eigenvalue weighted by atomic mass is 35.5. The van der Waals surface area contributed by atoms with Crippen LogP contribution < -0.4 is 10.1 Å². The second-order valence-corrected chi connectivity index (χ2v) is 6.27. The zero-order valence-electron chi connectivity index (χ0n) is 14.2. The standard InChI is InChI=1S/C20H15ClN4O2/c21-16-5-6-18-15(12-16)11-14(13-27-18)4-7-19(26)24-17-3-1-8-22-20(17)25-10-2-9-23-25/h1-12H,13H2,(H,24,26)/b7-4+. The first kappa shape index (κ1) is 17.1. The van der Waals surface area contributed by atoms with Crippen LogP contribution in [0, 0.1) is 0 Å². The molecule has 1 N–H and O–H groups in total. The van der Waals surface area contributed by atoms with Crippen LogP contribution in [0.15, 0.2) is 72.7 Å². The summed E-state index contributed by atoms with van der Waals surface area (Å²) in [7, 11) is 0. The predicted octanol–water partition coefficient (Wildman–Crippen LogP) is 3.89. The summed E-state index contributed by atoms with van der Waals surface area (Å²) >= 11 is 6.02. The molecule has 4 rings (SSSR count). The molecule has 0 fully saturated rings. The first-order chi connectivity index (χ1) is 13.2. The smallest absolute Gasteiger partial charge is 0.248 e. The minimum Gasteiger partial charge on any atom is -0.488 e. The number of pyridine rings is 1. The molecule has 0 aliphatic carbocycles. The summed E-state index contributed by atoms with van der Waals surface area (Å²) in [6, 6.07) is 10.8. The maximum absolute atomic E-state index is 12.3. The minimum atomic E-state index is -0.269. The van der Waals surface area contributed by atoms with Gasteiger partial charge in [0, 0.05) is 35.3 Å². The Morgan fingerprint density at radius 2 is 2.19 bits per heavy atom. The van der Waals surface area contributed by atoms with Gasteiger partial charge in [-0.25, -0.2) is 9.67 Å². The molecule has 3 aromatic rings. The molecule has 2 aromatic heterocycles. The molecule has 0 spiro atoms. The summed E-state index contributed by atoms with van der Waals surface area (Å²) in [6.45, 7) is 0.393. The lowest BCUT2D eigenvalue weighted by Gasteiger charge is -2.16. The topological polar surface area (TPSA) is 69.0 Å². The van der Waals surface area contributed by atoms with Crippen molar-refractivity contribution in [2.24, 2.45) is 0 Å². The van der Waals surface area contributed by atoms with Gasteiger partial charge in [-0.15, -0.1) is 0 Å². The van der Waals surface area contributed by atoms with Gasteiger partial charge < -0.3 is 10.1 Å². The monoisotopic (exact) mass is 378 g/mol. The molecular weight excluding hydrogens is 364 g/mol. The van der Waals surface area contributed by atoms with E-state index in [4.69, 9.17) is 16.3 Å². The average Bonchev–Trinajstić information content (AvgIpc) is 3.21. The van der Waals surface area contributed by atoms with Crippen molar-refractivity contribution in [3.05, 3.63) is 83.3 Å². The van der Waals surface area contributed by atoms with E-state index >= 15 is 0 Å². The van der Waals surface area contributed by atoms with Gasteiger partial charge in [0.2, 0.25) is 5.91 Å². The predicted molar refractivity (Wildman–Crippen MR) is 104 cm³/mol. The number of anilines is 1. The van der Waals surface area contributed by atoms with Crippen molar-refractivity contribution in [2.45, 2.75) is 0 Å². The third-order valence-electron chi connectivity index (χ3n) is 3.92. The van der Waals surface area contributed by atoms with E-state index in [1.54, 1.807) is 53.6 Å². The fourth-order valence-electron chi connectivity index (χ4n) is 2.69. The highest BCUT2D eigenvalue weighted by Crippen LogP contribution is 2.29. The van der Waals surface area contributed by atoms with Crippen molar-refractivity contribution >= 4 is 29.3 Å². The van der Waals surface area contributed by atoms with Gasteiger partial charge in [-0.3, -0.25) is 4.79 Å². The van der Waals surface area contributed by atoms with Crippen LogP contribution in [-0.4, -0.2) is 27.3 Å². The third-order valence-corrected chi connectivity index (χ3v) is 4.16. The first-order valence-electron chi connectivity index (χ1n) is 8.26. The number of hydrogen-bond acceptors (Lipinski definition) is 4. The number of nitrogens with one attached hydrogen (secondary N) is 1. The molecule has 0 unspecified atom stereocenters. The summed E-state index contributed by atoms with van der Waals surface area (Å²) in [4.78, 5) is 16.6. The molecule has 134 valence electrons. The number of fused-ring (bicyclic) bond motifs is 1. The molecular formula is C20H15ClN4O2. The van der Waals surface area contributed by atoms with Gasteiger partial charge in [0.05, 0.1) is 5.69 Å². The second kappa shape index (κ2) is 7.47. The molecule has 7 heteroatoms. The number of amides is 1. The molecule has 1 aromatic carbocycles. The van der Waals surface area contributed by atoms with Crippen LogP contribution in [0.1, 0.15) is 5.56 Å². The van der Waals surface area contributed by atoms with Gasteiger partial charge in [0.1, 0.15) is 12.4 Å². The van der Waals surface area contributed by atoms with E-state index in [0.29, 0.717) is 23.1 Å². The number of aromatic nitrogens is 3. The van der Waals surface area contributed by atoms with Gasteiger partial charge in [0.25, 0.3) is 0 Å². The highest BCUT2D eigenvalue weighted by Gasteiger charge is 2.11. The van der Waals surface area contributed by atoms with Crippen LogP contribution in [0.25, 0.3) is 11.9 Å². The van der Waals surface area contributed by atoms with Gasteiger partial charge in [-0.1, -0.05) is 17.7 Å². The number of benzene rings is 1. The third kappa shape index (κ3) is 3.91. The Hall–Kier alpha value is -3.38. The summed E-state index contributed by atoms with van der Waals surface area (Å²) in [5.74, 6) is 1.06. The van der Waals surface area contributed by atoms with Crippen LogP contribution in [0.4, 0.5) is 5.69 Å². The van der Waals surface area contributed by atoms with Crippen molar-refractivity contribution in [3.8, 4) is 11.6 Å². The van der Waals surface area contributed by atoms with Crippen LogP contribution in [0.5, 0.6) is 5.75 Å². The number of carbonyl (C=O) groups excluding carboxylic acids is 1. The Morgan fingerprint density at radius 3 is 3.04 bits per heavy atom. The second-order valence-electron chi connectivity index (χ2n) is 5.84. The molecule has 6 nitrogen and oxygen atoms in total. The largest absolute Gasteiger partial charge is 0.488 e. The number of hydrogen-bond donors (Lipinski definition) is 1. The quantitative estimate of drug-likeness (QED) is 0.699. The highest BCUT2D eigenvalue weighted by molar-refractivity contribution is 6.30. The zero-order chi connectivity index (χ0) is 18.6. The van der Waals surface area contributed by atoms with Crippen LogP contribution in [0.2, 0.25) is 5.02 Å². The molecule has 0 saturated carbocycles. The Labute approximate surface area is 160 Å². The van der Waals surface area contributed by atoms with Crippen LogP contribution in [0.3, 0.4) is 0 Å². The zero-order valence-corrected chi connectivity index (χ0v) is 14.9. The average molecular weight is 379 g/mol. The Bertz CT molecular complexity index is 1040. The Kier molecular flexibility index (Phi) is 4.72. The summed E-state index contributed by atoms with van der Waals surface area (Å²) in [5.41, 5.74) is 2.34. The molecule has 0 bridgehead atoms. The van der Waals surface area contributed by atoms with Crippen molar-refractivity contribution < 1.29 is 9.53 Å². The van der Waals surface area contributed by atoms with E-state index in [0.717, 1.165) is 16.9 Å². The number of nitrogens with zero attached hydrogens (tertiary/aromatic N) is 3. The lowest BCUT2D eigenvalue weighted by atomic mass is 10.1. The molecule has 3 heterocycles. The summed E-state index contributed by atoms with van der Waals surface area (Å²) in [5, 5.41) is 7.62. The number of ether oxygens (including phenoxy) is 1. The van der Waals surface area contributed by atoms with Gasteiger partial charge >= 0.3 is 0 Å².